The number of carbonyl (C=O) groups is 1. The van der Waals surface area contributed by atoms with Crippen molar-refractivity contribution < 1.29 is 146 Å². The summed E-state index contributed by atoms with van der Waals surface area (Å²) in [5.74, 6) is -10.8. The minimum atomic E-state index is -6.69. The van der Waals surface area contributed by atoms with Crippen molar-refractivity contribution in [2.45, 2.75) is 55.4 Å². The molecule has 0 aromatic heterocycles. The summed E-state index contributed by atoms with van der Waals surface area (Å²) in [4.78, 5) is 12.6. The van der Waals surface area contributed by atoms with Crippen LogP contribution in [0.3, 0.4) is 0 Å². The summed E-state index contributed by atoms with van der Waals surface area (Å²) in [5, 5.41) is 8.57. The number of rotatable bonds is 36. The van der Waals surface area contributed by atoms with E-state index in [0.29, 0.717) is 39.6 Å². The number of hydrogen-bond acceptors (Lipinski definition) is 14. The molecular formula is C34H42F18O14. The summed E-state index contributed by atoms with van der Waals surface area (Å²) in [7, 11) is 0. The van der Waals surface area contributed by atoms with Gasteiger partial charge in [-0.1, -0.05) is 0 Å². The Labute approximate surface area is 361 Å². The first-order chi connectivity index (χ1) is 30.6. The summed E-state index contributed by atoms with van der Waals surface area (Å²) < 4.78 is 297. The van der Waals surface area contributed by atoms with Crippen LogP contribution in [-0.4, -0.2) is 185 Å². The lowest BCUT2D eigenvalue weighted by molar-refractivity contribution is -0.316. The third-order valence-corrected chi connectivity index (χ3v) is 7.03. The third kappa shape index (κ3) is 23.5. The van der Waals surface area contributed by atoms with Gasteiger partial charge in [0.05, 0.1) is 118 Å². The predicted octanol–water partition coefficient (Wildman–Crippen LogP) is 6.58. The quantitative estimate of drug-likeness (QED) is 0.0438. The number of hydrogen-bond donors (Lipinski definition) is 1. The van der Waals surface area contributed by atoms with Gasteiger partial charge in [-0.25, -0.2) is 18.0 Å². The Bertz CT molecular complexity index is 1450. The van der Waals surface area contributed by atoms with Gasteiger partial charge in [-0.15, -0.1) is 0 Å². The third-order valence-electron chi connectivity index (χ3n) is 7.03. The number of alkyl halides is 18. The molecule has 0 radical (unpaired) electrons. The second kappa shape index (κ2) is 28.7. The molecule has 0 amide bonds. The van der Waals surface area contributed by atoms with Crippen molar-refractivity contribution in [2.75, 3.05) is 119 Å². The molecule has 1 aromatic rings. The van der Waals surface area contributed by atoms with Gasteiger partial charge >= 0.3 is 42.8 Å². The monoisotopic (exact) mass is 1020 g/mol. The van der Waals surface area contributed by atoms with E-state index in [0.717, 1.165) is 0 Å². The van der Waals surface area contributed by atoms with Crippen LogP contribution in [-0.2, 0) is 42.6 Å². The second-order valence-corrected chi connectivity index (χ2v) is 12.3. The molecule has 0 aliphatic rings. The first-order valence-electron chi connectivity index (χ1n) is 18.5. The summed E-state index contributed by atoms with van der Waals surface area (Å²) >= 11 is 0. The van der Waals surface area contributed by atoms with E-state index in [1.54, 1.807) is 0 Å². The Morgan fingerprint density at radius 2 is 0.652 bits per heavy atom. The highest BCUT2D eigenvalue weighted by Gasteiger charge is 2.63. The van der Waals surface area contributed by atoms with Gasteiger partial charge in [-0.3, -0.25) is 0 Å². The topological polar surface area (TPSA) is 148 Å². The standard InChI is InChI=1S/C34H42F18O14/c35-26(29(38,39)40)32(47,48)64-22-19-21(20-23(65-33(49,50)27(36)30(41,42)43)24(22)66-34(51,52)28(37)31(44,45)46)25(54)63-18-17-62-16-15-61-14-13-60-12-11-59-10-9-58-8-7-57-6-5-56-4-3-55-2-1-53/h19-20,26-28,53H,1-18H2. The maximum absolute atomic E-state index is 14.3. The highest BCUT2D eigenvalue weighted by atomic mass is 19.4. The summed E-state index contributed by atoms with van der Waals surface area (Å²) in [6.07, 6.45) is -56.0. The number of aliphatic hydroxyl groups excluding tert-OH is 1. The average molecular weight is 1020 g/mol. The normalized spacial score (nSPS) is 14.5. The lowest BCUT2D eigenvalue weighted by atomic mass is 10.1. The van der Waals surface area contributed by atoms with E-state index < -0.39 is 109 Å². The van der Waals surface area contributed by atoms with Crippen molar-refractivity contribution in [3.05, 3.63) is 17.7 Å². The van der Waals surface area contributed by atoms with Crippen molar-refractivity contribution in [2.24, 2.45) is 0 Å². The van der Waals surface area contributed by atoms with Crippen LogP contribution in [0.25, 0.3) is 0 Å². The maximum atomic E-state index is 14.3. The zero-order valence-corrected chi connectivity index (χ0v) is 33.7. The fourth-order valence-corrected chi connectivity index (χ4v) is 4.09. The molecule has 66 heavy (non-hydrogen) atoms. The molecule has 32 heteroatoms. The first-order valence-corrected chi connectivity index (χ1v) is 18.5. The van der Waals surface area contributed by atoms with E-state index in [1.165, 1.54) is 0 Å². The molecule has 0 spiro atoms. The second-order valence-electron chi connectivity index (χ2n) is 12.3. The van der Waals surface area contributed by atoms with Gasteiger partial charge in [0.15, 0.2) is 11.5 Å². The number of benzene rings is 1. The Kier molecular flexibility index (Phi) is 26.3. The highest BCUT2D eigenvalue weighted by molar-refractivity contribution is 5.91. The number of esters is 1. The Balaban J connectivity index is 2.77. The molecule has 0 aliphatic carbocycles. The molecule has 3 atom stereocenters. The van der Waals surface area contributed by atoms with Crippen LogP contribution >= 0.6 is 0 Å². The zero-order chi connectivity index (χ0) is 50.2. The van der Waals surface area contributed by atoms with Crippen LogP contribution in [0, 0.1) is 0 Å². The Hall–Kier alpha value is -3.53. The summed E-state index contributed by atoms with van der Waals surface area (Å²) in [5.41, 5.74) is -1.74. The van der Waals surface area contributed by atoms with Crippen LogP contribution in [0.5, 0.6) is 17.2 Å². The van der Waals surface area contributed by atoms with Crippen molar-refractivity contribution in [3.63, 3.8) is 0 Å². The van der Waals surface area contributed by atoms with E-state index in [-0.39, 0.29) is 66.1 Å². The van der Waals surface area contributed by atoms with Crippen LogP contribution in [0.1, 0.15) is 10.4 Å². The zero-order valence-electron chi connectivity index (χ0n) is 33.7. The Morgan fingerprint density at radius 3 is 0.909 bits per heavy atom. The average Bonchev–Trinajstić information content (AvgIpc) is 3.20. The molecule has 1 aromatic carbocycles. The van der Waals surface area contributed by atoms with Crippen LogP contribution < -0.4 is 14.2 Å². The lowest BCUT2D eigenvalue weighted by Gasteiger charge is -2.29. The summed E-state index contributed by atoms with van der Waals surface area (Å²) in [6, 6.07) is -1.16. The van der Waals surface area contributed by atoms with E-state index in [4.69, 9.17) is 43.0 Å². The summed E-state index contributed by atoms with van der Waals surface area (Å²) in [6.45, 7) is 1.22. The first kappa shape index (κ1) is 60.5. The molecule has 3 unspecified atom stereocenters. The van der Waals surface area contributed by atoms with Crippen LogP contribution in [0.15, 0.2) is 12.1 Å². The number of carbonyl (C=O) groups excluding carboxylic acids is 1. The fraction of sp³-hybridized carbons (Fsp3) is 0.794. The number of aliphatic hydroxyl groups is 1. The van der Waals surface area contributed by atoms with Gasteiger partial charge in [0.25, 0.3) is 18.5 Å². The molecule has 14 nitrogen and oxygen atoms in total. The molecule has 0 saturated heterocycles. The minimum absolute atomic E-state index is 0.0168. The molecule has 1 N–H and O–H groups in total. The van der Waals surface area contributed by atoms with Crippen LogP contribution in [0.4, 0.5) is 79.0 Å². The van der Waals surface area contributed by atoms with Gasteiger partial charge in [0, 0.05) is 0 Å². The molecule has 0 bridgehead atoms. The lowest BCUT2D eigenvalue weighted by Crippen LogP contribution is -2.47. The molecule has 0 fully saturated rings. The predicted molar refractivity (Wildman–Crippen MR) is 180 cm³/mol. The number of ether oxygens (including phenoxy) is 12. The maximum Gasteiger partial charge on any atom is 0.439 e. The van der Waals surface area contributed by atoms with Gasteiger partial charge in [-0.2, -0.15) is 65.9 Å². The van der Waals surface area contributed by atoms with E-state index in [2.05, 4.69) is 18.9 Å². The highest BCUT2D eigenvalue weighted by Crippen LogP contribution is 2.49. The largest absolute Gasteiger partial charge is 0.460 e. The van der Waals surface area contributed by atoms with E-state index in [1.807, 2.05) is 0 Å². The van der Waals surface area contributed by atoms with Crippen molar-refractivity contribution >= 4 is 5.97 Å². The van der Waals surface area contributed by atoms with E-state index in [9.17, 15) is 83.8 Å². The molecule has 0 saturated carbocycles. The van der Waals surface area contributed by atoms with Crippen molar-refractivity contribution in [3.8, 4) is 17.2 Å². The molecule has 0 aliphatic heterocycles. The van der Waals surface area contributed by atoms with Crippen LogP contribution in [0.2, 0.25) is 0 Å². The fourth-order valence-electron chi connectivity index (χ4n) is 4.09. The van der Waals surface area contributed by atoms with Crippen molar-refractivity contribution in [1.82, 2.24) is 0 Å². The molecular weight excluding hydrogens is 974 g/mol. The molecule has 388 valence electrons. The van der Waals surface area contributed by atoms with Gasteiger partial charge in [-0.05, 0) is 12.1 Å². The SMILES string of the molecule is O=C(OCCOCCOCCOCCOCCOCCOCCOCCOCCO)c1cc(OC(F)(F)C(F)C(F)(F)F)c(OC(F)(F)C(F)C(F)(F)F)c(OC(F)(F)C(F)C(F)(F)F)c1. The van der Waals surface area contributed by atoms with Gasteiger partial charge < -0.3 is 61.9 Å². The van der Waals surface area contributed by atoms with Crippen molar-refractivity contribution in [1.29, 1.82) is 0 Å². The number of halogens is 18. The molecule has 1 rings (SSSR count). The molecule has 0 heterocycles. The smallest absolute Gasteiger partial charge is 0.439 e. The Morgan fingerprint density at radius 1 is 0.409 bits per heavy atom. The minimum Gasteiger partial charge on any atom is -0.460 e. The van der Waals surface area contributed by atoms with Gasteiger partial charge in [0.2, 0.25) is 5.75 Å². The van der Waals surface area contributed by atoms with Gasteiger partial charge in [0.1, 0.15) is 6.61 Å². The van der Waals surface area contributed by atoms with E-state index >= 15 is 0 Å².